The van der Waals surface area contributed by atoms with Gasteiger partial charge in [-0.05, 0) is 0 Å². The van der Waals surface area contributed by atoms with Crippen molar-refractivity contribution in [3.63, 3.8) is 0 Å². The minimum Gasteiger partial charge on any atom is -0.412 e. The van der Waals surface area contributed by atoms with E-state index < -0.39 is 0 Å². The van der Waals surface area contributed by atoms with Gasteiger partial charge >= 0.3 is 0 Å². The number of carbonyl (C=O) groups is 1. The van der Waals surface area contributed by atoms with Gasteiger partial charge in [-0.25, -0.2) is 0 Å². The third-order valence-corrected chi connectivity index (χ3v) is 1.55. The molecular formula is C9H13BO3. The van der Waals surface area contributed by atoms with E-state index in [2.05, 4.69) is 0 Å². The summed E-state index contributed by atoms with van der Waals surface area (Å²) < 4.78 is 0. The molecule has 1 aromatic carbocycles. The van der Waals surface area contributed by atoms with Crippen LogP contribution in [0.15, 0.2) is 24.3 Å². The Morgan fingerprint density at radius 1 is 1.23 bits per heavy atom. The number of hydrogen-bond acceptors (Lipinski definition) is 1. The molecule has 0 unspecified atom stereocenters. The van der Waals surface area contributed by atoms with Gasteiger partial charge in [0, 0.05) is 12.0 Å². The van der Waals surface area contributed by atoms with Crippen molar-refractivity contribution in [3.8, 4) is 0 Å². The van der Waals surface area contributed by atoms with E-state index >= 15 is 0 Å². The fourth-order valence-electron chi connectivity index (χ4n) is 0.873. The van der Waals surface area contributed by atoms with E-state index in [4.69, 9.17) is 7.85 Å². The molecule has 13 heavy (non-hydrogen) atoms. The molecule has 1 rings (SSSR count). The minimum absolute atomic E-state index is 0. The standard InChI is InChI=1S/C9H9BO.2H2O/c1-2-9(11)7-3-5-8(10)6-4-7;;/h3-6H,2H2,1H3;2*1H2. The van der Waals surface area contributed by atoms with Gasteiger partial charge in [0.1, 0.15) is 7.85 Å². The SMILES string of the molecule is O.O.[B]c1ccc(C(=O)CC)cc1. The second-order valence-electron chi connectivity index (χ2n) is 2.40. The first-order valence-electron chi connectivity index (χ1n) is 3.62. The highest BCUT2D eigenvalue weighted by atomic mass is 16.1. The first kappa shape index (κ1) is 14.4. The van der Waals surface area contributed by atoms with Gasteiger partial charge in [0.05, 0.1) is 0 Å². The lowest BCUT2D eigenvalue weighted by Crippen LogP contribution is -2.03. The minimum atomic E-state index is 0. The molecule has 4 heteroatoms. The number of rotatable bonds is 2. The average molecular weight is 180 g/mol. The zero-order valence-electron chi connectivity index (χ0n) is 7.50. The lowest BCUT2D eigenvalue weighted by Gasteiger charge is -1.97. The molecule has 2 radical (unpaired) electrons. The van der Waals surface area contributed by atoms with Crippen LogP contribution in [0.25, 0.3) is 0 Å². The first-order valence-corrected chi connectivity index (χ1v) is 3.62. The first-order chi connectivity index (χ1) is 5.24. The average Bonchev–Trinajstić information content (AvgIpc) is 2.05. The molecule has 1 aromatic rings. The van der Waals surface area contributed by atoms with E-state index in [9.17, 15) is 4.79 Å². The summed E-state index contributed by atoms with van der Waals surface area (Å²) in [4.78, 5) is 11.1. The lowest BCUT2D eigenvalue weighted by molar-refractivity contribution is 0.0988. The van der Waals surface area contributed by atoms with Gasteiger partial charge in [0.2, 0.25) is 0 Å². The van der Waals surface area contributed by atoms with Crippen LogP contribution in [-0.4, -0.2) is 24.6 Å². The Balaban J connectivity index is 0. The molecule has 0 fully saturated rings. The van der Waals surface area contributed by atoms with Crippen molar-refractivity contribution in [2.24, 2.45) is 0 Å². The van der Waals surface area contributed by atoms with E-state index in [0.717, 1.165) is 5.56 Å². The summed E-state index contributed by atoms with van der Waals surface area (Å²) in [6.45, 7) is 1.85. The second-order valence-corrected chi connectivity index (χ2v) is 2.40. The molecule has 0 bridgehead atoms. The topological polar surface area (TPSA) is 80.1 Å². The van der Waals surface area contributed by atoms with Crippen LogP contribution in [0.5, 0.6) is 0 Å². The molecule has 0 amide bonds. The highest BCUT2D eigenvalue weighted by Crippen LogP contribution is 2.00. The summed E-state index contributed by atoms with van der Waals surface area (Å²) in [5.74, 6) is 0.157. The number of ketones is 1. The molecule has 0 heterocycles. The Morgan fingerprint density at radius 3 is 2.08 bits per heavy atom. The van der Waals surface area contributed by atoms with Crippen LogP contribution >= 0.6 is 0 Å². The van der Waals surface area contributed by atoms with E-state index in [1.54, 1.807) is 24.3 Å². The highest BCUT2D eigenvalue weighted by Gasteiger charge is 1.99. The maximum absolute atomic E-state index is 11.1. The summed E-state index contributed by atoms with van der Waals surface area (Å²) in [6, 6.07) is 6.98. The molecular weight excluding hydrogens is 167 g/mol. The van der Waals surface area contributed by atoms with Gasteiger partial charge in [-0.1, -0.05) is 36.7 Å². The summed E-state index contributed by atoms with van der Waals surface area (Å²) in [6.07, 6.45) is 0.546. The molecule has 0 atom stereocenters. The molecule has 0 saturated heterocycles. The smallest absolute Gasteiger partial charge is 0.162 e. The van der Waals surface area contributed by atoms with Crippen molar-refractivity contribution in [1.29, 1.82) is 0 Å². The van der Waals surface area contributed by atoms with Gasteiger partial charge in [-0.15, -0.1) is 0 Å². The van der Waals surface area contributed by atoms with E-state index in [-0.39, 0.29) is 16.7 Å². The number of benzene rings is 1. The zero-order chi connectivity index (χ0) is 8.27. The summed E-state index contributed by atoms with van der Waals surface area (Å²) >= 11 is 0. The Hall–Kier alpha value is -1.13. The monoisotopic (exact) mass is 180 g/mol. The Kier molecular flexibility index (Phi) is 7.09. The molecule has 0 spiro atoms. The fraction of sp³-hybridized carbons (Fsp3) is 0.222. The van der Waals surface area contributed by atoms with Crippen LogP contribution in [0.2, 0.25) is 0 Å². The van der Waals surface area contributed by atoms with Crippen molar-refractivity contribution in [1.82, 2.24) is 0 Å². The number of hydrogen-bond donors (Lipinski definition) is 0. The van der Waals surface area contributed by atoms with Crippen molar-refractivity contribution in [2.75, 3.05) is 0 Å². The van der Waals surface area contributed by atoms with Gasteiger partial charge < -0.3 is 11.0 Å². The van der Waals surface area contributed by atoms with Crippen LogP contribution in [0, 0.1) is 0 Å². The van der Waals surface area contributed by atoms with Crippen LogP contribution in [-0.2, 0) is 0 Å². The number of Topliss-reactive ketones (excluding diaryl/α,β-unsaturated/α-hetero) is 1. The fourth-order valence-corrected chi connectivity index (χ4v) is 0.873. The van der Waals surface area contributed by atoms with Gasteiger partial charge in [0.15, 0.2) is 5.78 Å². The maximum Gasteiger partial charge on any atom is 0.162 e. The van der Waals surface area contributed by atoms with Crippen molar-refractivity contribution in [2.45, 2.75) is 13.3 Å². The van der Waals surface area contributed by atoms with Crippen molar-refractivity contribution < 1.29 is 15.7 Å². The largest absolute Gasteiger partial charge is 0.412 e. The highest BCUT2D eigenvalue weighted by molar-refractivity contribution is 6.32. The van der Waals surface area contributed by atoms with Crippen LogP contribution in [0.1, 0.15) is 23.7 Å². The van der Waals surface area contributed by atoms with Crippen molar-refractivity contribution >= 4 is 19.1 Å². The Labute approximate surface area is 78.8 Å². The third kappa shape index (κ3) is 3.87. The summed E-state index contributed by atoms with van der Waals surface area (Å²) in [5.41, 5.74) is 1.43. The molecule has 0 aliphatic carbocycles. The quantitative estimate of drug-likeness (QED) is 0.443. The zero-order valence-corrected chi connectivity index (χ0v) is 7.50. The van der Waals surface area contributed by atoms with Crippen LogP contribution in [0.3, 0.4) is 0 Å². The van der Waals surface area contributed by atoms with Crippen molar-refractivity contribution in [3.05, 3.63) is 29.8 Å². The summed E-state index contributed by atoms with van der Waals surface area (Å²) in [7, 11) is 5.46. The van der Waals surface area contributed by atoms with Gasteiger partial charge in [0.25, 0.3) is 0 Å². The maximum atomic E-state index is 11.1. The molecule has 0 saturated carbocycles. The normalized spacial score (nSPS) is 8.08. The molecule has 70 valence electrons. The van der Waals surface area contributed by atoms with E-state index in [1.165, 1.54) is 0 Å². The molecule has 0 aliphatic heterocycles. The van der Waals surface area contributed by atoms with Crippen LogP contribution < -0.4 is 5.46 Å². The Bertz CT molecular complexity index is 256. The number of carbonyl (C=O) groups excluding carboxylic acids is 1. The van der Waals surface area contributed by atoms with Gasteiger partial charge in [-0.2, -0.15) is 0 Å². The molecule has 0 aromatic heterocycles. The predicted octanol–water partition coefficient (Wildman–Crippen LogP) is -0.576. The van der Waals surface area contributed by atoms with Crippen LogP contribution in [0.4, 0.5) is 0 Å². The molecule has 3 nitrogen and oxygen atoms in total. The summed E-state index contributed by atoms with van der Waals surface area (Å²) in [5, 5.41) is 0. The molecule has 4 N–H and O–H groups in total. The second kappa shape index (κ2) is 6.40. The predicted molar refractivity (Wildman–Crippen MR) is 53.7 cm³/mol. The van der Waals surface area contributed by atoms with E-state index in [1.807, 2.05) is 6.92 Å². The molecule has 0 aliphatic rings. The van der Waals surface area contributed by atoms with Gasteiger partial charge in [-0.3, -0.25) is 4.79 Å². The van der Waals surface area contributed by atoms with E-state index in [0.29, 0.717) is 11.9 Å². The third-order valence-electron chi connectivity index (χ3n) is 1.55. The Morgan fingerprint density at radius 2 is 1.69 bits per heavy atom. The lowest BCUT2D eigenvalue weighted by atomic mass is 9.94.